The highest BCUT2D eigenvalue weighted by Crippen LogP contribution is 2.14. The van der Waals surface area contributed by atoms with Gasteiger partial charge in [-0.15, -0.1) is 0 Å². The van der Waals surface area contributed by atoms with Gasteiger partial charge in [0.25, 0.3) is 0 Å². The van der Waals surface area contributed by atoms with Gasteiger partial charge in [-0.25, -0.2) is 0 Å². The molecule has 0 aromatic heterocycles. The molecular formula is C15H33N3. The van der Waals surface area contributed by atoms with Crippen molar-refractivity contribution < 1.29 is 0 Å². The first-order valence-electron chi connectivity index (χ1n) is 7.65. The van der Waals surface area contributed by atoms with Crippen LogP contribution in [0.2, 0.25) is 0 Å². The fourth-order valence-electron chi connectivity index (χ4n) is 2.91. The van der Waals surface area contributed by atoms with Crippen molar-refractivity contribution in [3.05, 3.63) is 0 Å². The van der Waals surface area contributed by atoms with E-state index in [0.717, 1.165) is 19.0 Å². The lowest BCUT2D eigenvalue weighted by atomic mass is 10.1. The van der Waals surface area contributed by atoms with E-state index in [9.17, 15) is 0 Å². The summed E-state index contributed by atoms with van der Waals surface area (Å²) in [6.45, 7) is 15.3. The summed E-state index contributed by atoms with van der Waals surface area (Å²) < 4.78 is 0. The maximum atomic E-state index is 3.56. The smallest absolute Gasteiger partial charge is 0.0197 e. The summed E-state index contributed by atoms with van der Waals surface area (Å²) >= 11 is 0. The van der Waals surface area contributed by atoms with E-state index in [1.165, 1.54) is 32.5 Å². The predicted molar refractivity (Wildman–Crippen MR) is 80.1 cm³/mol. The standard InChI is InChI=1S/C15H33N3/c1-13(2)11-16-8-7-14(3)18-10-6-9-17(5)12-15(18)4/h13-16H,6-12H2,1-5H3. The molecule has 0 saturated carbocycles. The van der Waals surface area contributed by atoms with Crippen molar-refractivity contribution in [3.8, 4) is 0 Å². The van der Waals surface area contributed by atoms with Crippen LogP contribution in [-0.4, -0.2) is 61.7 Å². The van der Waals surface area contributed by atoms with Crippen molar-refractivity contribution >= 4 is 0 Å². The van der Waals surface area contributed by atoms with Crippen LogP contribution in [-0.2, 0) is 0 Å². The Morgan fingerprint density at radius 2 is 1.94 bits per heavy atom. The maximum absolute atomic E-state index is 3.56. The highest BCUT2D eigenvalue weighted by atomic mass is 15.2. The molecule has 0 radical (unpaired) electrons. The van der Waals surface area contributed by atoms with Gasteiger partial charge in [0.2, 0.25) is 0 Å². The zero-order valence-electron chi connectivity index (χ0n) is 13.1. The fraction of sp³-hybridized carbons (Fsp3) is 1.00. The molecule has 108 valence electrons. The molecule has 18 heavy (non-hydrogen) atoms. The number of hydrogen-bond donors (Lipinski definition) is 1. The minimum atomic E-state index is 0.692. The van der Waals surface area contributed by atoms with E-state index in [0.29, 0.717) is 12.1 Å². The van der Waals surface area contributed by atoms with Crippen LogP contribution >= 0.6 is 0 Å². The molecule has 3 heteroatoms. The molecule has 0 bridgehead atoms. The number of nitrogens with zero attached hydrogens (tertiary/aromatic N) is 2. The largest absolute Gasteiger partial charge is 0.316 e. The van der Waals surface area contributed by atoms with Gasteiger partial charge in [0.05, 0.1) is 0 Å². The third-order valence-electron chi connectivity index (χ3n) is 3.96. The van der Waals surface area contributed by atoms with Crippen molar-refractivity contribution in [2.45, 2.75) is 52.6 Å². The van der Waals surface area contributed by atoms with Gasteiger partial charge < -0.3 is 10.2 Å². The molecule has 3 nitrogen and oxygen atoms in total. The third-order valence-corrected chi connectivity index (χ3v) is 3.96. The predicted octanol–water partition coefficient (Wildman–Crippen LogP) is 2.04. The van der Waals surface area contributed by atoms with E-state index >= 15 is 0 Å². The maximum Gasteiger partial charge on any atom is 0.0197 e. The van der Waals surface area contributed by atoms with Gasteiger partial charge in [0, 0.05) is 18.6 Å². The van der Waals surface area contributed by atoms with Crippen molar-refractivity contribution in [2.24, 2.45) is 5.92 Å². The Bertz CT molecular complexity index is 218. The minimum Gasteiger partial charge on any atom is -0.316 e. The monoisotopic (exact) mass is 255 g/mol. The Balaban J connectivity index is 2.28. The van der Waals surface area contributed by atoms with Crippen LogP contribution in [0.25, 0.3) is 0 Å². The zero-order chi connectivity index (χ0) is 13.5. The van der Waals surface area contributed by atoms with Crippen LogP contribution < -0.4 is 5.32 Å². The second-order valence-corrected chi connectivity index (χ2v) is 6.44. The Labute approximate surface area is 114 Å². The summed E-state index contributed by atoms with van der Waals surface area (Å²) in [5.74, 6) is 0.756. The van der Waals surface area contributed by atoms with Gasteiger partial charge in [-0.1, -0.05) is 13.8 Å². The third kappa shape index (κ3) is 5.68. The molecule has 2 unspecified atom stereocenters. The molecular weight excluding hydrogens is 222 g/mol. The van der Waals surface area contributed by atoms with Gasteiger partial charge in [-0.2, -0.15) is 0 Å². The zero-order valence-corrected chi connectivity index (χ0v) is 13.1. The average molecular weight is 255 g/mol. The first kappa shape index (κ1) is 15.9. The summed E-state index contributed by atoms with van der Waals surface area (Å²) in [6, 6.07) is 1.39. The molecule has 1 N–H and O–H groups in total. The summed E-state index contributed by atoms with van der Waals surface area (Å²) in [7, 11) is 2.24. The molecule has 1 fully saturated rings. The molecule has 2 atom stereocenters. The molecule has 0 amide bonds. The molecule has 0 aromatic carbocycles. The Kier molecular flexibility index (Phi) is 7.20. The van der Waals surface area contributed by atoms with Crippen LogP contribution in [0.15, 0.2) is 0 Å². The molecule has 0 aliphatic carbocycles. The molecule has 1 rings (SSSR count). The van der Waals surface area contributed by atoms with Gasteiger partial charge in [0.1, 0.15) is 0 Å². The molecule has 1 heterocycles. The highest BCUT2D eigenvalue weighted by molar-refractivity contribution is 4.79. The van der Waals surface area contributed by atoms with Crippen LogP contribution in [0.3, 0.4) is 0 Å². The van der Waals surface area contributed by atoms with Gasteiger partial charge in [0.15, 0.2) is 0 Å². The number of hydrogen-bond acceptors (Lipinski definition) is 3. The Morgan fingerprint density at radius 1 is 1.22 bits per heavy atom. The summed E-state index contributed by atoms with van der Waals surface area (Å²) in [5.41, 5.74) is 0. The van der Waals surface area contributed by atoms with Crippen molar-refractivity contribution in [1.82, 2.24) is 15.1 Å². The van der Waals surface area contributed by atoms with Gasteiger partial charge in [-0.3, -0.25) is 4.90 Å². The lowest BCUT2D eigenvalue weighted by molar-refractivity contribution is 0.145. The van der Waals surface area contributed by atoms with E-state index < -0.39 is 0 Å². The van der Waals surface area contributed by atoms with E-state index in [1.54, 1.807) is 0 Å². The van der Waals surface area contributed by atoms with E-state index in [2.05, 4.69) is 49.9 Å². The van der Waals surface area contributed by atoms with Gasteiger partial charge >= 0.3 is 0 Å². The number of likely N-dealkylation sites (N-methyl/N-ethyl adjacent to an activating group) is 1. The van der Waals surface area contributed by atoms with E-state index in [4.69, 9.17) is 0 Å². The van der Waals surface area contributed by atoms with Crippen molar-refractivity contribution in [2.75, 3.05) is 39.8 Å². The summed E-state index contributed by atoms with van der Waals surface area (Å²) in [5, 5.41) is 3.56. The van der Waals surface area contributed by atoms with Crippen LogP contribution in [0.5, 0.6) is 0 Å². The lowest BCUT2D eigenvalue weighted by Crippen LogP contribution is -2.44. The van der Waals surface area contributed by atoms with Crippen molar-refractivity contribution in [1.29, 1.82) is 0 Å². The quantitative estimate of drug-likeness (QED) is 0.733. The molecule has 0 aromatic rings. The topological polar surface area (TPSA) is 18.5 Å². The molecule has 0 spiro atoms. The van der Waals surface area contributed by atoms with Crippen molar-refractivity contribution in [3.63, 3.8) is 0 Å². The second-order valence-electron chi connectivity index (χ2n) is 6.44. The van der Waals surface area contributed by atoms with E-state index in [-0.39, 0.29) is 0 Å². The Morgan fingerprint density at radius 3 is 2.61 bits per heavy atom. The SMILES string of the molecule is CC(C)CNCCC(C)N1CCCN(C)CC1C. The Hall–Kier alpha value is -0.120. The average Bonchev–Trinajstić information content (AvgIpc) is 2.45. The number of rotatable bonds is 6. The highest BCUT2D eigenvalue weighted by Gasteiger charge is 2.23. The van der Waals surface area contributed by atoms with Crippen LogP contribution in [0.4, 0.5) is 0 Å². The minimum absolute atomic E-state index is 0.692. The van der Waals surface area contributed by atoms with Crippen LogP contribution in [0.1, 0.15) is 40.5 Å². The first-order valence-corrected chi connectivity index (χ1v) is 7.65. The first-order chi connectivity index (χ1) is 8.50. The molecule has 1 aliphatic heterocycles. The normalized spacial score (nSPS) is 25.3. The molecule has 1 saturated heterocycles. The lowest BCUT2D eigenvalue weighted by Gasteiger charge is -2.33. The summed E-state index contributed by atoms with van der Waals surface area (Å²) in [6.07, 6.45) is 2.57. The number of nitrogens with one attached hydrogen (secondary N) is 1. The van der Waals surface area contributed by atoms with E-state index in [1.807, 2.05) is 0 Å². The van der Waals surface area contributed by atoms with Gasteiger partial charge in [-0.05, 0) is 65.8 Å². The summed E-state index contributed by atoms with van der Waals surface area (Å²) in [4.78, 5) is 5.16. The molecule has 1 aliphatic rings. The van der Waals surface area contributed by atoms with Crippen LogP contribution in [0, 0.1) is 5.92 Å². The fourth-order valence-corrected chi connectivity index (χ4v) is 2.91. The second kappa shape index (κ2) is 8.13.